The highest BCUT2D eigenvalue weighted by Gasteiger charge is 2.28. The predicted molar refractivity (Wildman–Crippen MR) is 88.2 cm³/mol. The maximum absolute atomic E-state index is 12.5. The lowest BCUT2D eigenvalue weighted by Gasteiger charge is -2.31. The summed E-state index contributed by atoms with van der Waals surface area (Å²) in [4.78, 5) is 27.4. The third-order valence-electron chi connectivity index (χ3n) is 3.76. The Kier molecular flexibility index (Phi) is 5.00. The number of carbonyl (C=O) groups is 2. The molecule has 1 aromatic carbocycles. The number of halogens is 1. The van der Waals surface area contributed by atoms with Crippen LogP contribution in [0.3, 0.4) is 0 Å². The number of carbonyl (C=O) groups excluding carboxylic acids is 2. The fraction of sp³-hybridized carbons (Fsp3) is 0.429. The van der Waals surface area contributed by atoms with Gasteiger partial charge in [-0.15, -0.1) is 12.4 Å². The van der Waals surface area contributed by atoms with Gasteiger partial charge in [-0.1, -0.05) is 17.8 Å². The first-order chi connectivity index (χ1) is 9.66. The molecule has 2 aliphatic rings. The first-order valence-corrected chi connectivity index (χ1v) is 7.75. The molecule has 7 heteroatoms. The van der Waals surface area contributed by atoms with Crippen LogP contribution in [0.15, 0.2) is 18.2 Å². The Morgan fingerprint density at radius 1 is 1.33 bits per heavy atom. The summed E-state index contributed by atoms with van der Waals surface area (Å²) in [6.45, 7) is 1.53. The summed E-state index contributed by atoms with van der Waals surface area (Å²) in [6.07, 6.45) is 1.82. The van der Waals surface area contributed by atoms with Crippen molar-refractivity contribution in [3.05, 3.63) is 23.8 Å². The first kappa shape index (κ1) is 16.0. The number of benzene rings is 1. The minimum Gasteiger partial charge on any atom is -0.398 e. The number of amides is 2. The van der Waals surface area contributed by atoms with E-state index in [1.54, 1.807) is 9.80 Å². The molecule has 0 saturated carbocycles. The molecule has 5 nitrogen and oxygen atoms in total. The number of hydrogen-bond acceptors (Lipinski definition) is 4. The van der Waals surface area contributed by atoms with Gasteiger partial charge in [0.1, 0.15) is 6.54 Å². The first-order valence-electron chi connectivity index (χ1n) is 6.76. The smallest absolute Gasteiger partial charge is 0.282 e. The third-order valence-corrected chi connectivity index (χ3v) is 4.65. The van der Waals surface area contributed by atoms with Gasteiger partial charge >= 0.3 is 0 Å². The molecule has 114 valence electrons. The number of hydrogen-bond donors (Lipinski definition) is 1. The van der Waals surface area contributed by atoms with Crippen molar-refractivity contribution < 1.29 is 9.59 Å². The second kappa shape index (κ2) is 6.58. The molecule has 0 aliphatic carbocycles. The molecule has 21 heavy (non-hydrogen) atoms. The van der Waals surface area contributed by atoms with Gasteiger partial charge in [-0.3, -0.25) is 9.59 Å². The molecule has 0 aromatic heterocycles. The monoisotopic (exact) mass is 327 g/mol. The van der Waals surface area contributed by atoms with E-state index in [4.69, 9.17) is 5.73 Å². The normalized spacial score (nSPS) is 17.4. The van der Waals surface area contributed by atoms with E-state index in [2.05, 4.69) is 0 Å². The Labute approximate surface area is 134 Å². The summed E-state index contributed by atoms with van der Waals surface area (Å²) in [7, 11) is 0. The summed E-state index contributed by atoms with van der Waals surface area (Å²) in [5.74, 6) is 0.753. The summed E-state index contributed by atoms with van der Waals surface area (Å²) < 4.78 is 0. The molecule has 2 aliphatic heterocycles. The van der Waals surface area contributed by atoms with Gasteiger partial charge in [-0.25, -0.2) is 0 Å². The van der Waals surface area contributed by atoms with Crippen LogP contribution in [0.1, 0.15) is 12.0 Å². The van der Waals surface area contributed by atoms with E-state index in [9.17, 15) is 9.59 Å². The summed E-state index contributed by atoms with van der Waals surface area (Å²) in [6, 6.07) is 5.67. The number of thioether (sulfide) groups is 1. The van der Waals surface area contributed by atoms with Crippen molar-refractivity contribution in [3.8, 4) is 0 Å². The van der Waals surface area contributed by atoms with Gasteiger partial charge < -0.3 is 15.5 Å². The van der Waals surface area contributed by atoms with Crippen LogP contribution in [0.4, 0.5) is 16.2 Å². The number of nitrogens with two attached hydrogens (primary N) is 1. The van der Waals surface area contributed by atoms with Gasteiger partial charge in [-0.05, 0) is 30.5 Å². The molecule has 1 fully saturated rings. The van der Waals surface area contributed by atoms with Crippen LogP contribution in [0, 0.1) is 0 Å². The van der Waals surface area contributed by atoms with Crippen LogP contribution in [-0.4, -0.2) is 41.4 Å². The van der Waals surface area contributed by atoms with Crippen molar-refractivity contribution in [2.45, 2.75) is 12.8 Å². The quantitative estimate of drug-likeness (QED) is 0.845. The molecule has 0 spiro atoms. The van der Waals surface area contributed by atoms with Gasteiger partial charge in [0, 0.05) is 30.2 Å². The highest BCUT2D eigenvalue weighted by Crippen LogP contribution is 2.31. The Bertz CT molecular complexity index is 567. The molecular formula is C14H18ClN3O2S. The predicted octanol–water partition coefficient (Wildman–Crippen LogP) is 2.14. The van der Waals surface area contributed by atoms with Crippen molar-refractivity contribution >= 4 is 46.7 Å². The molecule has 1 saturated heterocycles. The fourth-order valence-electron chi connectivity index (χ4n) is 2.73. The van der Waals surface area contributed by atoms with Crippen molar-refractivity contribution in [2.75, 3.05) is 36.0 Å². The van der Waals surface area contributed by atoms with E-state index in [0.717, 1.165) is 35.5 Å². The van der Waals surface area contributed by atoms with Crippen molar-refractivity contribution in [1.29, 1.82) is 0 Å². The summed E-state index contributed by atoms with van der Waals surface area (Å²) in [5.41, 5.74) is 8.68. The molecule has 2 amide bonds. The number of nitrogen functional groups attached to an aromatic ring is 1. The van der Waals surface area contributed by atoms with E-state index in [1.165, 1.54) is 11.8 Å². The van der Waals surface area contributed by atoms with Crippen LogP contribution < -0.4 is 10.6 Å². The molecule has 0 atom stereocenters. The van der Waals surface area contributed by atoms with Crippen LogP contribution in [0.2, 0.25) is 0 Å². The Morgan fingerprint density at radius 2 is 2.14 bits per heavy atom. The van der Waals surface area contributed by atoms with Crippen molar-refractivity contribution in [2.24, 2.45) is 0 Å². The van der Waals surface area contributed by atoms with Crippen molar-refractivity contribution in [3.63, 3.8) is 0 Å². The third kappa shape index (κ3) is 3.11. The van der Waals surface area contributed by atoms with E-state index in [-0.39, 0.29) is 30.1 Å². The van der Waals surface area contributed by atoms with Crippen LogP contribution in [0.25, 0.3) is 0 Å². The zero-order valence-corrected chi connectivity index (χ0v) is 13.2. The molecule has 1 aromatic rings. The second-order valence-electron chi connectivity index (χ2n) is 5.03. The Morgan fingerprint density at radius 3 is 2.86 bits per heavy atom. The van der Waals surface area contributed by atoms with Crippen molar-refractivity contribution in [1.82, 2.24) is 4.90 Å². The van der Waals surface area contributed by atoms with Gasteiger partial charge in [0.25, 0.3) is 5.24 Å². The van der Waals surface area contributed by atoms with Gasteiger partial charge in [-0.2, -0.15) is 0 Å². The molecule has 2 N–H and O–H groups in total. The van der Waals surface area contributed by atoms with Crippen LogP contribution in [0.5, 0.6) is 0 Å². The lowest BCUT2D eigenvalue weighted by molar-refractivity contribution is -0.119. The standard InChI is InChI=1S/C14H17N3O2S.ClH/c15-11-4-1-5-12-10(11)3-2-6-17(12)13(18)9-16-7-8-20-14(16)19;/h1,4-5H,2-3,6-9,15H2;1H. The molecule has 2 heterocycles. The van der Waals surface area contributed by atoms with E-state index in [1.807, 2.05) is 18.2 Å². The largest absolute Gasteiger partial charge is 0.398 e. The fourth-order valence-corrected chi connectivity index (χ4v) is 3.55. The van der Waals surface area contributed by atoms with E-state index < -0.39 is 0 Å². The summed E-state index contributed by atoms with van der Waals surface area (Å²) >= 11 is 1.28. The average Bonchev–Trinajstić information content (AvgIpc) is 2.84. The average molecular weight is 328 g/mol. The lowest BCUT2D eigenvalue weighted by Crippen LogP contribution is -2.43. The molecule has 0 unspecified atom stereocenters. The van der Waals surface area contributed by atoms with Gasteiger partial charge in [0.2, 0.25) is 5.91 Å². The maximum Gasteiger partial charge on any atom is 0.282 e. The Balaban J connectivity index is 0.00000161. The molecule has 0 bridgehead atoms. The SMILES string of the molecule is Cl.Nc1cccc2c1CCCN2C(=O)CN1CCSC1=O. The van der Waals surface area contributed by atoms with Gasteiger partial charge in [0.05, 0.1) is 0 Å². The minimum atomic E-state index is -0.0209. The second-order valence-corrected chi connectivity index (χ2v) is 6.08. The number of anilines is 2. The van der Waals surface area contributed by atoms with E-state index in [0.29, 0.717) is 13.1 Å². The van der Waals surface area contributed by atoms with Gasteiger partial charge in [0.15, 0.2) is 0 Å². The minimum absolute atomic E-state index is 0. The van der Waals surface area contributed by atoms with Crippen LogP contribution >= 0.6 is 24.2 Å². The number of nitrogens with zero attached hydrogens (tertiary/aromatic N) is 2. The zero-order valence-electron chi connectivity index (χ0n) is 11.6. The maximum atomic E-state index is 12.5. The topological polar surface area (TPSA) is 66.6 Å². The number of rotatable bonds is 2. The Hall–Kier alpha value is -1.40. The highest BCUT2D eigenvalue weighted by molar-refractivity contribution is 8.13. The molecular weight excluding hydrogens is 310 g/mol. The highest BCUT2D eigenvalue weighted by atomic mass is 35.5. The van der Waals surface area contributed by atoms with Crippen LogP contribution in [-0.2, 0) is 11.2 Å². The summed E-state index contributed by atoms with van der Waals surface area (Å²) in [5, 5.41) is 0.00292. The molecule has 0 radical (unpaired) electrons. The zero-order chi connectivity index (χ0) is 14.1. The lowest BCUT2D eigenvalue weighted by atomic mass is 10.00. The molecule has 3 rings (SSSR count). The number of fused-ring (bicyclic) bond motifs is 1. The van der Waals surface area contributed by atoms with E-state index >= 15 is 0 Å².